The first-order chi connectivity index (χ1) is 8.99. The number of hydrogen-bond donors (Lipinski definition) is 1. The monoisotopic (exact) mass is 264 g/mol. The van der Waals surface area contributed by atoms with E-state index in [9.17, 15) is 9.18 Å². The average molecular weight is 264 g/mol. The van der Waals surface area contributed by atoms with Crippen molar-refractivity contribution in [2.75, 3.05) is 13.1 Å². The topological polar surface area (TPSA) is 46.3 Å². The number of carbonyl (C=O) groups is 1. The minimum atomic E-state index is -0.366. The number of benzene rings is 1. The van der Waals surface area contributed by atoms with Crippen LogP contribution in [0.2, 0.25) is 0 Å². The lowest BCUT2D eigenvalue weighted by atomic mass is 9.91. The van der Waals surface area contributed by atoms with Crippen molar-refractivity contribution in [3.05, 3.63) is 35.1 Å². The zero-order valence-corrected chi connectivity index (χ0v) is 11.5. The average Bonchev–Trinajstić information content (AvgIpc) is 2.41. The molecule has 1 aromatic carbocycles. The van der Waals surface area contributed by atoms with Gasteiger partial charge in [-0.3, -0.25) is 4.79 Å². The maximum absolute atomic E-state index is 13.3. The van der Waals surface area contributed by atoms with Crippen LogP contribution in [-0.2, 0) is 0 Å². The smallest absolute Gasteiger partial charge is 0.254 e. The molecule has 1 amide bonds. The summed E-state index contributed by atoms with van der Waals surface area (Å²) in [6.45, 7) is 5.22. The zero-order chi connectivity index (χ0) is 14.0. The van der Waals surface area contributed by atoms with Crippen molar-refractivity contribution in [2.24, 2.45) is 11.7 Å². The van der Waals surface area contributed by atoms with Gasteiger partial charge in [0.2, 0.25) is 0 Å². The summed E-state index contributed by atoms with van der Waals surface area (Å²) < 4.78 is 13.3. The second kappa shape index (κ2) is 5.70. The van der Waals surface area contributed by atoms with Gasteiger partial charge < -0.3 is 10.6 Å². The molecule has 4 heteroatoms. The summed E-state index contributed by atoms with van der Waals surface area (Å²) in [4.78, 5) is 14.3. The summed E-state index contributed by atoms with van der Waals surface area (Å²) in [6.07, 6.45) is 2.02. The minimum absolute atomic E-state index is 0.0812. The predicted molar refractivity (Wildman–Crippen MR) is 73.4 cm³/mol. The molecule has 19 heavy (non-hydrogen) atoms. The third kappa shape index (κ3) is 3.13. The molecule has 1 aliphatic rings. The fourth-order valence-corrected chi connectivity index (χ4v) is 2.62. The van der Waals surface area contributed by atoms with Gasteiger partial charge in [0.05, 0.1) is 0 Å². The van der Waals surface area contributed by atoms with E-state index in [4.69, 9.17) is 5.73 Å². The lowest BCUT2D eigenvalue weighted by molar-refractivity contribution is 0.0659. The summed E-state index contributed by atoms with van der Waals surface area (Å²) in [5.74, 6) is -0.108. The lowest BCUT2D eigenvalue weighted by Crippen LogP contribution is -2.45. The normalized spacial score (nSPS) is 21.3. The quantitative estimate of drug-likeness (QED) is 0.891. The largest absolute Gasteiger partial charge is 0.338 e. The molecule has 1 saturated heterocycles. The van der Waals surface area contributed by atoms with Crippen molar-refractivity contribution < 1.29 is 9.18 Å². The Morgan fingerprint density at radius 1 is 1.53 bits per heavy atom. The first-order valence-corrected chi connectivity index (χ1v) is 6.80. The molecule has 104 valence electrons. The second-order valence-corrected chi connectivity index (χ2v) is 5.47. The van der Waals surface area contributed by atoms with Gasteiger partial charge in [-0.05, 0) is 50.3 Å². The van der Waals surface area contributed by atoms with Gasteiger partial charge >= 0.3 is 0 Å². The van der Waals surface area contributed by atoms with Crippen LogP contribution in [-0.4, -0.2) is 29.9 Å². The molecule has 1 heterocycles. The van der Waals surface area contributed by atoms with E-state index in [-0.39, 0.29) is 17.8 Å². The fraction of sp³-hybridized carbons (Fsp3) is 0.533. The number of hydrogen-bond acceptors (Lipinski definition) is 2. The Hall–Kier alpha value is -1.42. The molecule has 1 fully saturated rings. The number of aryl methyl sites for hydroxylation is 1. The molecule has 1 aromatic rings. The minimum Gasteiger partial charge on any atom is -0.338 e. The van der Waals surface area contributed by atoms with E-state index in [1.807, 2.05) is 13.8 Å². The van der Waals surface area contributed by atoms with Crippen LogP contribution in [0.1, 0.15) is 35.7 Å². The number of likely N-dealkylation sites (tertiary alicyclic amines) is 1. The van der Waals surface area contributed by atoms with Crippen LogP contribution >= 0.6 is 0 Å². The molecule has 0 spiro atoms. The SMILES string of the molecule is Cc1ccc(F)cc1C(=O)N1CCC[C@@H]([C@@H](C)N)C1. The number of nitrogens with zero attached hydrogens (tertiary/aromatic N) is 1. The van der Waals surface area contributed by atoms with Gasteiger partial charge in [0.15, 0.2) is 0 Å². The number of rotatable bonds is 2. The highest BCUT2D eigenvalue weighted by atomic mass is 19.1. The van der Waals surface area contributed by atoms with Crippen LogP contribution in [0.15, 0.2) is 18.2 Å². The molecule has 0 bridgehead atoms. The highest BCUT2D eigenvalue weighted by Gasteiger charge is 2.27. The van der Waals surface area contributed by atoms with Gasteiger partial charge in [-0.25, -0.2) is 4.39 Å². The molecule has 0 saturated carbocycles. The number of amides is 1. The van der Waals surface area contributed by atoms with Gasteiger partial charge in [0, 0.05) is 24.7 Å². The Kier molecular flexibility index (Phi) is 4.20. The van der Waals surface area contributed by atoms with Crippen LogP contribution in [0.3, 0.4) is 0 Å². The molecule has 2 atom stereocenters. The van der Waals surface area contributed by atoms with Crippen molar-refractivity contribution in [1.29, 1.82) is 0 Å². The van der Waals surface area contributed by atoms with Crippen molar-refractivity contribution in [1.82, 2.24) is 4.90 Å². The number of halogens is 1. The Balaban J connectivity index is 2.17. The van der Waals surface area contributed by atoms with Crippen molar-refractivity contribution >= 4 is 5.91 Å². The van der Waals surface area contributed by atoms with E-state index in [1.54, 1.807) is 11.0 Å². The third-order valence-corrected chi connectivity index (χ3v) is 3.92. The maximum Gasteiger partial charge on any atom is 0.254 e. The van der Waals surface area contributed by atoms with Crippen LogP contribution in [0, 0.1) is 18.7 Å². The molecule has 1 aliphatic heterocycles. The molecular weight excluding hydrogens is 243 g/mol. The van der Waals surface area contributed by atoms with Crippen molar-refractivity contribution in [3.63, 3.8) is 0 Å². The molecule has 0 aromatic heterocycles. The fourth-order valence-electron chi connectivity index (χ4n) is 2.62. The molecule has 0 unspecified atom stereocenters. The predicted octanol–water partition coefficient (Wildman–Crippen LogP) is 2.33. The summed E-state index contributed by atoms with van der Waals surface area (Å²) in [7, 11) is 0. The highest BCUT2D eigenvalue weighted by molar-refractivity contribution is 5.95. The third-order valence-electron chi connectivity index (χ3n) is 3.92. The lowest BCUT2D eigenvalue weighted by Gasteiger charge is -2.35. The number of piperidine rings is 1. The molecule has 2 rings (SSSR count). The van der Waals surface area contributed by atoms with E-state index in [0.717, 1.165) is 24.9 Å². The van der Waals surface area contributed by atoms with Gasteiger partial charge in [-0.1, -0.05) is 6.07 Å². The van der Waals surface area contributed by atoms with E-state index in [0.29, 0.717) is 18.0 Å². The summed E-state index contributed by atoms with van der Waals surface area (Å²) >= 11 is 0. The van der Waals surface area contributed by atoms with Crippen molar-refractivity contribution in [2.45, 2.75) is 32.7 Å². The van der Waals surface area contributed by atoms with E-state index >= 15 is 0 Å². The molecule has 0 radical (unpaired) electrons. The summed E-state index contributed by atoms with van der Waals surface area (Å²) in [5.41, 5.74) is 7.20. The maximum atomic E-state index is 13.3. The molecule has 0 aliphatic carbocycles. The van der Waals surface area contributed by atoms with Crippen LogP contribution in [0.4, 0.5) is 4.39 Å². The van der Waals surface area contributed by atoms with E-state index in [2.05, 4.69) is 0 Å². The summed E-state index contributed by atoms with van der Waals surface area (Å²) in [6, 6.07) is 4.44. The Morgan fingerprint density at radius 3 is 2.95 bits per heavy atom. The second-order valence-electron chi connectivity index (χ2n) is 5.47. The van der Waals surface area contributed by atoms with Crippen LogP contribution < -0.4 is 5.73 Å². The molecule has 2 N–H and O–H groups in total. The first-order valence-electron chi connectivity index (χ1n) is 6.80. The van der Waals surface area contributed by atoms with E-state index < -0.39 is 0 Å². The van der Waals surface area contributed by atoms with E-state index in [1.165, 1.54) is 12.1 Å². The molecule has 3 nitrogen and oxygen atoms in total. The van der Waals surface area contributed by atoms with Gasteiger partial charge in [-0.2, -0.15) is 0 Å². The van der Waals surface area contributed by atoms with Gasteiger partial charge in [0.1, 0.15) is 5.82 Å². The van der Waals surface area contributed by atoms with Gasteiger partial charge in [-0.15, -0.1) is 0 Å². The number of nitrogens with two attached hydrogens (primary N) is 1. The first kappa shape index (κ1) is 14.0. The Bertz CT molecular complexity index is 473. The summed E-state index contributed by atoms with van der Waals surface area (Å²) in [5, 5.41) is 0. The number of carbonyl (C=O) groups excluding carboxylic acids is 1. The highest BCUT2D eigenvalue weighted by Crippen LogP contribution is 2.22. The van der Waals surface area contributed by atoms with Crippen LogP contribution in [0.5, 0.6) is 0 Å². The van der Waals surface area contributed by atoms with Gasteiger partial charge in [0.25, 0.3) is 5.91 Å². The van der Waals surface area contributed by atoms with Crippen molar-refractivity contribution in [3.8, 4) is 0 Å². The Morgan fingerprint density at radius 2 is 2.26 bits per heavy atom. The Labute approximate surface area is 113 Å². The van der Waals surface area contributed by atoms with Crippen LogP contribution in [0.25, 0.3) is 0 Å². The standard InChI is InChI=1S/C15H21FN2O/c1-10-5-6-13(16)8-14(10)15(19)18-7-3-4-12(9-18)11(2)17/h5-6,8,11-12H,3-4,7,9,17H2,1-2H3/t11-,12-/m1/s1. The zero-order valence-electron chi connectivity index (χ0n) is 11.5. The molecular formula is C15H21FN2O.